The van der Waals surface area contributed by atoms with Gasteiger partial charge in [-0.25, -0.2) is 0 Å². The van der Waals surface area contributed by atoms with Gasteiger partial charge in [-0.3, -0.25) is 19.3 Å². The van der Waals surface area contributed by atoms with Crippen LogP contribution >= 0.6 is 0 Å². The van der Waals surface area contributed by atoms with Gasteiger partial charge in [-0.15, -0.1) is 0 Å². The molecule has 1 fully saturated rings. The molecule has 3 aliphatic rings. The quantitative estimate of drug-likeness (QED) is 0.404. The molecule has 34 heavy (non-hydrogen) atoms. The summed E-state index contributed by atoms with van der Waals surface area (Å²) in [5.74, 6) is -6.38. The second-order valence-corrected chi connectivity index (χ2v) is 10.7. The minimum Gasteiger partial charge on any atom is -0.508 e. The molecule has 0 bridgehead atoms. The summed E-state index contributed by atoms with van der Waals surface area (Å²) >= 11 is 0. The van der Waals surface area contributed by atoms with Crippen molar-refractivity contribution in [2.75, 3.05) is 14.1 Å². The van der Waals surface area contributed by atoms with Crippen LogP contribution in [0.25, 0.3) is 5.76 Å². The van der Waals surface area contributed by atoms with Crippen molar-refractivity contribution >= 4 is 23.2 Å². The van der Waals surface area contributed by atoms with Gasteiger partial charge in [0.15, 0.2) is 11.4 Å². The average Bonchev–Trinajstić information content (AvgIpc) is 2.69. The maximum atomic E-state index is 13.8. The minimum atomic E-state index is -2.62. The van der Waals surface area contributed by atoms with Crippen LogP contribution in [0.1, 0.15) is 43.9 Å². The number of aliphatic hydroxyl groups is 3. The Morgan fingerprint density at radius 1 is 1.15 bits per heavy atom. The lowest BCUT2D eigenvalue weighted by Gasteiger charge is -2.50. The van der Waals surface area contributed by atoms with Crippen molar-refractivity contribution in [3.8, 4) is 5.75 Å². The molecule has 1 unspecified atom stereocenters. The molecule has 4 rings (SSSR count). The van der Waals surface area contributed by atoms with Crippen LogP contribution < -0.4 is 5.73 Å². The summed E-state index contributed by atoms with van der Waals surface area (Å²) in [5.41, 5.74) is 2.62. The Kier molecular flexibility index (Phi) is 5.23. The van der Waals surface area contributed by atoms with Gasteiger partial charge in [-0.2, -0.15) is 0 Å². The number of carbonyl (C=O) groups excluding carboxylic acids is 3. The summed E-state index contributed by atoms with van der Waals surface area (Å²) in [6, 6.07) is 2.49. The number of benzene rings is 1. The highest BCUT2D eigenvalue weighted by molar-refractivity contribution is 6.24. The first-order valence-corrected chi connectivity index (χ1v) is 11.1. The number of nitrogens with zero attached hydrogens (tertiary/aromatic N) is 1. The van der Waals surface area contributed by atoms with Gasteiger partial charge in [0, 0.05) is 17.1 Å². The van der Waals surface area contributed by atoms with Gasteiger partial charge in [0.2, 0.25) is 5.78 Å². The number of aliphatic hydroxyl groups excluding tert-OH is 2. The van der Waals surface area contributed by atoms with E-state index in [1.165, 1.54) is 4.90 Å². The number of likely N-dealkylation sites (N-methyl/N-ethyl adjacent to an activating group) is 1. The monoisotopic (exact) mass is 470 g/mol. The normalized spacial score (nSPS) is 29.2. The molecule has 1 saturated carbocycles. The summed E-state index contributed by atoms with van der Waals surface area (Å²) in [6.07, 6.45) is 0.361. The van der Waals surface area contributed by atoms with Crippen molar-refractivity contribution in [2.45, 2.75) is 50.7 Å². The first kappa shape index (κ1) is 24.0. The lowest BCUT2D eigenvalue weighted by atomic mass is 9.57. The van der Waals surface area contributed by atoms with Crippen LogP contribution in [-0.2, 0) is 26.2 Å². The fourth-order valence-corrected chi connectivity index (χ4v) is 5.82. The van der Waals surface area contributed by atoms with E-state index in [0.29, 0.717) is 11.1 Å². The molecule has 0 heterocycles. The highest BCUT2D eigenvalue weighted by Crippen LogP contribution is 2.53. The van der Waals surface area contributed by atoms with Gasteiger partial charge in [-0.05, 0) is 43.8 Å². The summed E-state index contributed by atoms with van der Waals surface area (Å²) in [6.45, 7) is 5.70. The van der Waals surface area contributed by atoms with Gasteiger partial charge in [0.25, 0.3) is 5.91 Å². The van der Waals surface area contributed by atoms with Crippen LogP contribution in [-0.4, -0.2) is 68.5 Å². The molecule has 9 heteroatoms. The Hall–Kier alpha value is -3.17. The van der Waals surface area contributed by atoms with E-state index in [9.17, 15) is 34.8 Å². The minimum absolute atomic E-state index is 0.0769. The van der Waals surface area contributed by atoms with E-state index in [-0.39, 0.29) is 29.7 Å². The second-order valence-electron chi connectivity index (χ2n) is 10.7. The number of ketones is 2. The zero-order valence-corrected chi connectivity index (χ0v) is 19.8. The number of aromatic hydroxyl groups is 1. The number of phenolic OH excluding ortho intramolecular Hbond substituents is 1. The van der Waals surface area contributed by atoms with Crippen molar-refractivity contribution in [3.63, 3.8) is 0 Å². The van der Waals surface area contributed by atoms with Crippen molar-refractivity contribution < 1.29 is 34.8 Å². The summed E-state index contributed by atoms with van der Waals surface area (Å²) in [5, 5.41) is 44.6. The summed E-state index contributed by atoms with van der Waals surface area (Å²) in [7, 11) is 3.14. The van der Waals surface area contributed by atoms with Crippen LogP contribution in [0.4, 0.5) is 0 Å². The fourth-order valence-electron chi connectivity index (χ4n) is 5.82. The van der Waals surface area contributed by atoms with Crippen LogP contribution in [0.5, 0.6) is 5.75 Å². The molecule has 0 radical (unpaired) electrons. The van der Waals surface area contributed by atoms with E-state index in [0.717, 1.165) is 0 Å². The maximum Gasteiger partial charge on any atom is 0.255 e. The number of carbonyl (C=O) groups is 3. The third-order valence-electron chi connectivity index (χ3n) is 7.40. The molecule has 0 aliphatic heterocycles. The van der Waals surface area contributed by atoms with Crippen LogP contribution in [0.3, 0.4) is 0 Å². The van der Waals surface area contributed by atoms with Gasteiger partial charge in [-0.1, -0.05) is 32.9 Å². The number of Topliss-reactive ketones (excluding diaryl/α,β-unsaturated/α-hetero) is 2. The van der Waals surface area contributed by atoms with Crippen molar-refractivity contribution in [1.82, 2.24) is 4.90 Å². The topological polar surface area (TPSA) is 161 Å². The third-order valence-corrected chi connectivity index (χ3v) is 7.40. The van der Waals surface area contributed by atoms with Crippen LogP contribution in [0, 0.1) is 11.8 Å². The molecule has 3 aliphatic carbocycles. The van der Waals surface area contributed by atoms with Crippen molar-refractivity contribution in [3.05, 3.63) is 45.7 Å². The molecule has 1 aromatic carbocycles. The largest absolute Gasteiger partial charge is 0.508 e. The summed E-state index contributed by atoms with van der Waals surface area (Å²) in [4.78, 5) is 40.3. The highest BCUT2D eigenvalue weighted by atomic mass is 16.3. The highest BCUT2D eigenvalue weighted by Gasteiger charge is 2.64. The summed E-state index contributed by atoms with van der Waals surface area (Å²) < 4.78 is 0. The molecule has 6 N–H and O–H groups in total. The Labute approximate surface area is 197 Å². The van der Waals surface area contributed by atoms with Gasteiger partial charge < -0.3 is 26.2 Å². The Morgan fingerprint density at radius 3 is 2.29 bits per heavy atom. The predicted octanol–water partition coefficient (Wildman–Crippen LogP) is 1.26. The molecule has 9 nitrogen and oxygen atoms in total. The smallest absolute Gasteiger partial charge is 0.255 e. The number of rotatable bonds is 2. The number of hydrogen-bond acceptors (Lipinski definition) is 8. The number of amides is 1. The molecule has 182 valence electrons. The van der Waals surface area contributed by atoms with Crippen LogP contribution in [0.15, 0.2) is 29.0 Å². The number of fused-ring (bicyclic) bond motifs is 3. The van der Waals surface area contributed by atoms with E-state index in [4.69, 9.17) is 5.73 Å². The molecule has 0 spiro atoms. The SMILES string of the molecule is CN(C)C1C(=O)C(C(N)=O)=C(O)[C@@]2(O)C(=O)C3=C(O)c4c(ccc(C(C)(C)C)c4O)C[C@H]3C[C@@H]12. The predicted molar refractivity (Wildman–Crippen MR) is 123 cm³/mol. The number of primary amides is 1. The second kappa shape index (κ2) is 7.41. The molecular formula is C25H30N2O7. The molecule has 0 saturated heterocycles. The maximum absolute atomic E-state index is 13.8. The van der Waals surface area contributed by atoms with Gasteiger partial charge in [0.05, 0.1) is 11.6 Å². The van der Waals surface area contributed by atoms with E-state index in [1.54, 1.807) is 26.2 Å². The Balaban J connectivity index is 1.97. The first-order valence-electron chi connectivity index (χ1n) is 11.1. The Morgan fingerprint density at radius 2 is 1.76 bits per heavy atom. The first-order chi connectivity index (χ1) is 15.6. The molecule has 1 amide bonds. The molecule has 0 aromatic heterocycles. The number of phenols is 1. The molecule has 4 atom stereocenters. The lowest BCUT2D eigenvalue weighted by molar-refractivity contribution is -0.153. The zero-order chi connectivity index (χ0) is 25.5. The standard InChI is InChI=1S/C25H30N2O7/c1-24(2,3)12-7-6-10-8-11-9-13-17(27(4)5)20(30)16(23(26)33)22(32)25(13,34)21(31)15(11)19(29)14(10)18(12)28/h6-7,11,13,17,28-29,32,34H,8-9H2,1-5H3,(H2,26,33)/t11-,13-,17?,25-/m0/s1. The lowest BCUT2D eigenvalue weighted by Crippen LogP contribution is -2.65. The zero-order valence-electron chi connectivity index (χ0n) is 19.8. The van der Waals surface area contributed by atoms with E-state index < -0.39 is 63.5 Å². The van der Waals surface area contributed by atoms with E-state index in [1.807, 2.05) is 20.8 Å². The number of hydrogen-bond donors (Lipinski definition) is 5. The van der Waals surface area contributed by atoms with E-state index >= 15 is 0 Å². The van der Waals surface area contributed by atoms with Crippen molar-refractivity contribution in [2.24, 2.45) is 17.6 Å². The van der Waals surface area contributed by atoms with Crippen LogP contribution in [0.2, 0.25) is 0 Å². The third kappa shape index (κ3) is 3.03. The fraction of sp³-hybridized carbons (Fsp3) is 0.480. The molecule has 1 aromatic rings. The Bertz CT molecular complexity index is 1200. The average molecular weight is 471 g/mol. The molecular weight excluding hydrogens is 440 g/mol. The van der Waals surface area contributed by atoms with E-state index in [2.05, 4.69) is 0 Å². The van der Waals surface area contributed by atoms with Crippen molar-refractivity contribution in [1.29, 1.82) is 0 Å². The van der Waals surface area contributed by atoms with Gasteiger partial charge in [0.1, 0.15) is 22.8 Å². The van der Waals surface area contributed by atoms with Gasteiger partial charge >= 0.3 is 0 Å². The number of nitrogens with two attached hydrogens (primary N) is 1.